The summed E-state index contributed by atoms with van der Waals surface area (Å²) in [5, 5.41) is 13.8. The first-order valence-corrected chi connectivity index (χ1v) is 7.58. The van der Waals surface area contributed by atoms with Gasteiger partial charge in [0.25, 0.3) is 0 Å². The van der Waals surface area contributed by atoms with Crippen LogP contribution in [0, 0.1) is 11.3 Å². The Bertz CT molecular complexity index is 876. The number of rotatable bonds is 2. The number of fused-ring (bicyclic) bond motifs is 1. The van der Waals surface area contributed by atoms with Crippen LogP contribution in [-0.2, 0) is 13.0 Å². The Balaban J connectivity index is 1.67. The summed E-state index contributed by atoms with van der Waals surface area (Å²) in [5.74, 6) is 0. The molecule has 0 amide bonds. The van der Waals surface area contributed by atoms with Crippen molar-refractivity contribution in [3.05, 3.63) is 71.8 Å². The Hall–Kier alpha value is -3.13. The Morgan fingerprint density at radius 2 is 1.96 bits per heavy atom. The predicted molar refractivity (Wildman–Crippen MR) is 87.3 cm³/mol. The molecule has 0 atom stereocenters. The molecular weight excluding hydrogens is 286 g/mol. The molecule has 112 valence electrons. The number of aromatic nitrogens is 3. The fourth-order valence-electron chi connectivity index (χ4n) is 3.07. The van der Waals surface area contributed by atoms with E-state index in [0.717, 1.165) is 30.9 Å². The van der Waals surface area contributed by atoms with Crippen LogP contribution in [0.5, 0.6) is 0 Å². The number of pyridine rings is 1. The van der Waals surface area contributed by atoms with Crippen molar-refractivity contribution >= 4 is 5.69 Å². The topological polar surface area (TPSA) is 57.7 Å². The third kappa shape index (κ3) is 2.34. The minimum absolute atomic E-state index is 0.478. The standard InChI is InChI=1S/C18H15N5/c19-11-16-18(7-4-9-20-16)22-10-8-17-14(13-22)12-21-23(17)15-5-2-1-3-6-15/h1-7,9,12H,8,10,13H2. The van der Waals surface area contributed by atoms with Crippen LogP contribution < -0.4 is 4.90 Å². The van der Waals surface area contributed by atoms with Gasteiger partial charge in [-0.05, 0) is 24.3 Å². The van der Waals surface area contributed by atoms with Gasteiger partial charge < -0.3 is 4.90 Å². The average molecular weight is 301 g/mol. The summed E-state index contributed by atoms with van der Waals surface area (Å²) in [6.07, 6.45) is 4.48. The molecule has 0 bridgehead atoms. The molecule has 1 aromatic carbocycles. The number of hydrogen-bond donors (Lipinski definition) is 0. The third-order valence-electron chi connectivity index (χ3n) is 4.17. The second-order valence-corrected chi connectivity index (χ2v) is 5.52. The van der Waals surface area contributed by atoms with Crippen molar-refractivity contribution in [3.63, 3.8) is 0 Å². The summed E-state index contributed by atoms with van der Waals surface area (Å²) in [4.78, 5) is 6.36. The molecule has 0 saturated carbocycles. The molecule has 23 heavy (non-hydrogen) atoms. The maximum absolute atomic E-state index is 9.24. The first-order chi connectivity index (χ1) is 11.4. The van der Waals surface area contributed by atoms with Crippen LogP contribution in [0.1, 0.15) is 17.0 Å². The van der Waals surface area contributed by atoms with Crippen molar-refractivity contribution in [2.45, 2.75) is 13.0 Å². The fourth-order valence-corrected chi connectivity index (χ4v) is 3.07. The molecule has 3 aromatic rings. The van der Waals surface area contributed by atoms with Gasteiger partial charge in [0.15, 0.2) is 5.69 Å². The molecule has 0 unspecified atom stereocenters. The molecule has 2 aromatic heterocycles. The monoisotopic (exact) mass is 301 g/mol. The summed E-state index contributed by atoms with van der Waals surface area (Å²) in [5.41, 5.74) is 4.91. The lowest BCUT2D eigenvalue weighted by molar-refractivity contribution is 0.691. The Morgan fingerprint density at radius 1 is 1.09 bits per heavy atom. The van der Waals surface area contributed by atoms with Crippen LogP contribution in [-0.4, -0.2) is 21.3 Å². The summed E-state index contributed by atoms with van der Waals surface area (Å²) < 4.78 is 2.02. The summed E-state index contributed by atoms with van der Waals surface area (Å²) in [6, 6.07) is 16.2. The van der Waals surface area contributed by atoms with Crippen molar-refractivity contribution in [2.24, 2.45) is 0 Å². The predicted octanol–water partition coefficient (Wildman–Crippen LogP) is 2.70. The number of nitrogens with zero attached hydrogens (tertiary/aromatic N) is 5. The van der Waals surface area contributed by atoms with Gasteiger partial charge in [-0.15, -0.1) is 0 Å². The normalized spacial score (nSPS) is 13.4. The van der Waals surface area contributed by atoms with Crippen LogP contribution in [0.15, 0.2) is 54.9 Å². The molecule has 1 aliphatic heterocycles. The van der Waals surface area contributed by atoms with Gasteiger partial charge in [0.05, 0.1) is 23.3 Å². The van der Waals surface area contributed by atoms with E-state index in [0.29, 0.717) is 5.69 Å². The van der Waals surface area contributed by atoms with Crippen LogP contribution in [0.3, 0.4) is 0 Å². The van der Waals surface area contributed by atoms with E-state index in [1.54, 1.807) is 6.20 Å². The van der Waals surface area contributed by atoms with Gasteiger partial charge in [-0.3, -0.25) is 0 Å². The number of para-hydroxylation sites is 1. The molecule has 4 rings (SSSR count). The van der Waals surface area contributed by atoms with Crippen molar-refractivity contribution < 1.29 is 0 Å². The van der Waals surface area contributed by atoms with Gasteiger partial charge in [0.2, 0.25) is 0 Å². The lowest BCUT2D eigenvalue weighted by Crippen LogP contribution is -2.31. The zero-order valence-corrected chi connectivity index (χ0v) is 12.6. The molecule has 0 saturated heterocycles. The number of benzene rings is 1. The van der Waals surface area contributed by atoms with E-state index in [2.05, 4.69) is 33.2 Å². The van der Waals surface area contributed by atoms with Gasteiger partial charge in [-0.2, -0.15) is 10.4 Å². The van der Waals surface area contributed by atoms with Crippen LogP contribution in [0.4, 0.5) is 5.69 Å². The SMILES string of the molecule is N#Cc1ncccc1N1CCc2c(cnn2-c2ccccc2)C1. The summed E-state index contributed by atoms with van der Waals surface area (Å²) in [6.45, 7) is 1.61. The highest BCUT2D eigenvalue weighted by molar-refractivity contribution is 5.57. The molecule has 0 fully saturated rings. The lowest BCUT2D eigenvalue weighted by atomic mass is 10.1. The first kappa shape index (κ1) is 13.5. The van der Waals surface area contributed by atoms with Gasteiger partial charge in [0, 0.05) is 31.3 Å². The van der Waals surface area contributed by atoms with Gasteiger partial charge in [0.1, 0.15) is 6.07 Å². The van der Waals surface area contributed by atoms with Crippen molar-refractivity contribution in [1.82, 2.24) is 14.8 Å². The van der Waals surface area contributed by atoms with Crippen molar-refractivity contribution in [1.29, 1.82) is 5.26 Å². The van der Waals surface area contributed by atoms with Crippen molar-refractivity contribution in [2.75, 3.05) is 11.4 Å². The smallest absolute Gasteiger partial charge is 0.163 e. The van der Waals surface area contributed by atoms with E-state index in [1.807, 2.05) is 41.2 Å². The molecule has 0 aliphatic carbocycles. The average Bonchev–Trinajstić information content (AvgIpc) is 3.05. The molecule has 5 heteroatoms. The van der Waals surface area contributed by atoms with E-state index >= 15 is 0 Å². The van der Waals surface area contributed by atoms with Crippen LogP contribution >= 0.6 is 0 Å². The van der Waals surface area contributed by atoms with Gasteiger partial charge in [-0.1, -0.05) is 18.2 Å². The quantitative estimate of drug-likeness (QED) is 0.730. The van der Waals surface area contributed by atoms with Gasteiger partial charge >= 0.3 is 0 Å². The zero-order valence-electron chi connectivity index (χ0n) is 12.6. The van der Waals surface area contributed by atoms with E-state index in [1.165, 1.54) is 11.3 Å². The van der Waals surface area contributed by atoms with E-state index < -0.39 is 0 Å². The van der Waals surface area contributed by atoms with E-state index in [-0.39, 0.29) is 0 Å². The molecule has 3 heterocycles. The molecule has 5 nitrogen and oxygen atoms in total. The maximum Gasteiger partial charge on any atom is 0.163 e. The summed E-state index contributed by atoms with van der Waals surface area (Å²) in [7, 11) is 0. The van der Waals surface area contributed by atoms with Gasteiger partial charge in [-0.25, -0.2) is 9.67 Å². The Morgan fingerprint density at radius 3 is 2.78 bits per heavy atom. The van der Waals surface area contributed by atoms with E-state index in [9.17, 15) is 5.26 Å². The fraction of sp³-hybridized carbons (Fsp3) is 0.167. The summed E-state index contributed by atoms with van der Waals surface area (Å²) >= 11 is 0. The molecule has 1 aliphatic rings. The number of anilines is 1. The molecule has 0 N–H and O–H groups in total. The Kier molecular flexibility index (Phi) is 3.28. The van der Waals surface area contributed by atoms with Crippen LogP contribution in [0.25, 0.3) is 5.69 Å². The first-order valence-electron chi connectivity index (χ1n) is 7.58. The number of hydrogen-bond acceptors (Lipinski definition) is 4. The highest BCUT2D eigenvalue weighted by Gasteiger charge is 2.23. The second kappa shape index (κ2) is 5.58. The minimum atomic E-state index is 0.478. The third-order valence-corrected chi connectivity index (χ3v) is 4.17. The molecular formula is C18H15N5. The second-order valence-electron chi connectivity index (χ2n) is 5.52. The molecule has 0 spiro atoms. The van der Waals surface area contributed by atoms with E-state index in [4.69, 9.17) is 0 Å². The Labute approximate surface area is 134 Å². The highest BCUT2D eigenvalue weighted by atomic mass is 15.3. The van der Waals surface area contributed by atoms with Crippen molar-refractivity contribution in [3.8, 4) is 11.8 Å². The maximum atomic E-state index is 9.24. The lowest BCUT2D eigenvalue weighted by Gasteiger charge is -2.29. The number of nitriles is 1. The zero-order chi connectivity index (χ0) is 15.6. The largest absolute Gasteiger partial charge is 0.364 e. The molecule has 0 radical (unpaired) electrons. The highest BCUT2D eigenvalue weighted by Crippen LogP contribution is 2.27. The minimum Gasteiger partial charge on any atom is -0.364 e. The van der Waals surface area contributed by atoms with Crippen LogP contribution in [0.2, 0.25) is 0 Å².